The van der Waals surface area contributed by atoms with Crippen molar-refractivity contribution in [2.45, 2.75) is 19.3 Å². The molecule has 0 radical (unpaired) electrons. The molecule has 2 aromatic heterocycles. The molecule has 4 heterocycles. The second kappa shape index (κ2) is 6.00. The number of nitrogens with zero attached hydrogens (tertiary/aromatic N) is 2. The van der Waals surface area contributed by atoms with Gasteiger partial charge in [0.2, 0.25) is 6.10 Å². The second-order valence-corrected chi connectivity index (χ2v) is 6.73. The van der Waals surface area contributed by atoms with Crippen molar-refractivity contribution < 1.29 is 19.1 Å². The van der Waals surface area contributed by atoms with Crippen molar-refractivity contribution in [3.8, 4) is 11.4 Å². The highest BCUT2D eigenvalue weighted by Gasteiger charge is 2.37. The fourth-order valence-corrected chi connectivity index (χ4v) is 3.75. The highest BCUT2D eigenvalue weighted by molar-refractivity contribution is 5.86. The molecule has 2 aliphatic heterocycles. The van der Waals surface area contributed by atoms with Crippen LogP contribution >= 0.6 is 0 Å². The van der Waals surface area contributed by atoms with Crippen LogP contribution in [0.1, 0.15) is 22.8 Å². The van der Waals surface area contributed by atoms with E-state index in [0.717, 1.165) is 16.5 Å². The van der Waals surface area contributed by atoms with Crippen molar-refractivity contribution in [1.82, 2.24) is 9.55 Å². The molecule has 0 saturated carbocycles. The number of para-hydroxylation sites is 1. The van der Waals surface area contributed by atoms with Crippen LogP contribution in [0.25, 0.3) is 22.3 Å². The summed E-state index contributed by atoms with van der Waals surface area (Å²) < 4.78 is 11.8. The molecule has 3 aromatic rings. The summed E-state index contributed by atoms with van der Waals surface area (Å²) >= 11 is 0. The summed E-state index contributed by atoms with van der Waals surface area (Å²) in [5.41, 5.74) is 8.64. The van der Waals surface area contributed by atoms with E-state index in [9.17, 15) is 14.4 Å². The quantitative estimate of drug-likeness (QED) is 0.519. The van der Waals surface area contributed by atoms with Crippen LogP contribution < -0.4 is 11.3 Å². The SMILES string of the molecule is NCC(=O)OC1C(=O)OCc2c1cc1n(c2=O)Cc2cc3ccccc3nc2-1. The largest absolute Gasteiger partial charge is 0.458 e. The van der Waals surface area contributed by atoms with Gasteiger partial charge in [0.25, 0.3) is 5.56 Å². The van der Waals surface area contributed by atoms with Gasteiger partial charge in [-0.15, -0.1) is 0 Å². The van der Waals surface area contributed by atoms with Crippen LogP contribution in [-0.2, 0) is 32.2 Å². The number of fused-ring (bicyclic) bond motifs is 5. The van der Waals surface area contributed by atoms with E-state index in [2.05, 4.69) is 0 Å². The fourth-order valence-electron chi connectivity index (χ4n) is 3.75. The van der Waals surface area contributed by atoms with E-state index in [1.54, 1.807) is 10.6 Å². The Morgan fingerprint density at radius 1 is 1.29 bits per heavy atom. The predicted octanol–water partition coefficient (Wildman–Crippen LogP) is 1.02. The number of nitrogens with two attached hydrogens (primary N) is 1. The highest BCUT2D eigenvalue weighted by Crippen LogP contribution is 2.36. The summed E-state index contributed by atoms with van der Waals surface area (Å²) in [6, 6.07) is 11.4. The summed E-state index contributed by atoms with van der Waals surface area (Å²) in [6.07, 6.45) is -1.30. The van der Waals surface area contributed by atoms with Gasteiger partial charge in [0, 0.05) is 16.5 Å². The van der Waals surface area contributed by atoms with Crippen LogP contribution in [0.2, 0.25) is 0 Å². The first-order valence-electron chi connectivity index (χ1n) is 8.78. The Morgan fingerprint density at radius 2 is 2.11 bits per heavy atom. The number of hydrogen-bond acceptors (Lipinski definition) is 7. The molecule has 0 fully saturated rings. The first-order valence-corrected chi connectivity index (χ1v) is 8.78. The number of carbonyl (C=O) groups excluding carboxylic acids is 2. The third kappa shape index (κ3) is 2.35. The lowest BCUT2D eigenvalue weighted by molar-refractivity contribution is -0.170. The molecular formula is C20H15N3O5. The second-order valence-electron chi connectivity index (χ2n) is 6.73. The maximum atomic E-state index is 13.1. The molecule has 0 bridgehead atoms. The number of ether oxygens (including phenoxy) is 2. The molecule has 8 nitrogen and oxygen atoms in total. The average molecular weight is 377 g/mol. The maximum Gasteiger partial charge on any atom is 0.352 e. The minimum absolute atomic E-state index is 0.157. The Morgan fingerprint density at radius 3 is 2.93 bits per heavy atom. The number of cyclic esters (lactones) is 1. The van der Waals surface area contributed by atoms with E-state index in [4.69, 9.17) is 20.2 Å². The third-order valence-corrected chi connectivity index (χ3v) is 5.08. The van der Waals surface area contributed by atoms with E-state index < -0.39 is 18.0 Å². The van der Waals surface area contributed by atoms with Crippen molar-refractivity contribution in [1.29, 1.82) is 0 Å². The Balaban J connectivity index is 1.71. The highest BCUT2D eigenvalue weighted by atomic mass is 16.6. The zero-order chi connectivity index (χ0) is 19.4. The van der Waals surface area contributed by atoms with Gasteiger partial charge in [-0.2, -0.15) is 0 Å². The van der Waals surface area contributed by atoms with Crippen LogP contribution in [0, 0.1) is 0 Å². The van der Waals surface area contributed by atoms with Crippen molar-refractivity contribution in [2.75, 3.05) is 6.54 Å². The molecule has 5 rings (SSSR count). The summed E-state index contributed by atoms with van der Waals surface area (Å²) in [7, 11) is 0. The molecule has 1 unspecified atom stereocenters. The lowest BCUT2D eigenvalue weighted by Gasteiger charge is -2.24. The van der Waals surface area contributed by atoms with E-state index in [1.807, 2.05) is 30.3 Å². The van der Waals surface area contributed by atoms with Gasteiger partial charge in [-0.3, -0.25) is 9.59 Å². The Bertz CT molecular complexity index is 1230. The number of rotatable bonds is 2. The molecule has 1 aromatic carbocycles. The molecule has 0 saturated heterocycles. The first kappa shape index (κ1) is 16.6. The Labute approximate surface area is 158 Å². The van der Waals surface area contributed by atoms with E-state index in [-0.39, 0.29) is 18.7 Å². The van der Waals surface area contributed by atoms with Gasteiger partial charge >= 0.3 is 11.9 Å². The monoisotopic (exact) mass is 377 g/mol. The molecular weight excluding hydrogens is 362 g/mol. The van der Waals surface area contributed by atoms with E-state index in [1.165, 1.54) is 0 Å². The molecule has 2 N–H and O–H groups in total. The third-order valence-electron chi connectivity index (χ3n) is 5.08. The van der Waals surface area contributed by atoms with Crippen LogP contribution in [-0.4, -0.2) is 28.0 Å². The molecule has 1 atom stereocenters. The number of aromatic nitrogens is 2. The molecule has 2 aliphatic rings. The van der Waals surface area contributed by atoms with E-state index in [0.29, 0.717) is 29.1 Å². The number of esters is 2. The lowest BCUT2D eigenvalue weighted by Crippen LogP contribution is -2.35. The zero-order valence-electron chi connectivity index (χ0n) is 14.7. The number of carbonyl (C=O) groups is 2. The molecule has 0 aliphatic carbocycles. The van der Waals surface area contributed by atoms with Crippen molar-refractivity contribution in [3.05, 3.63) is 63.4 Å². The van der Waals surface area contributed by atoms with Gasteiger partial charge in [0.1, 0.15) is 6.61 Å². The number of hydrogen-bond donors (Lipinski definition) is 1. The predicted molar refractivity (Wildman–Crippen MR) is 98.2 cm³/mol. The lowest BCUT2D eigenvalue weighted by atomic mass is 10.00. The van der Waals surface area contributed by atoms with Crippen molar-refractivity contribution in [2.24, 2.45) is 5.73 Å². The molecule has 8 heteroatoms. The van der Waals surface area contributed by atoms with Crippen molar-refractivity contribution in [3.63, 3.8) is 0 Å². The van der Waals surface area contributed by atoms with Gasteiger partial charge in [0.15, 0.2) is 0 Å². The minimum atomic E-state index is -1.30. The summed E-state index contributed by atoms with van der Waals surface area (Å²) in [5.74, 6) is -1.47. The first-order chi connectivity index (χ1) is 13.6. The van der Waals surface area contributed by atoms with Crippen LogP contribution in [0.3, 0.4) is 0 Å². The maximum absolute atomic E-state index is 13.1. The minimum Gasteiger partial charge on any atom is -0.458 e. The summed E-state index contributed by atoms with van der Waals surface area (Å²) in [6.45, 7) is -0.148. The van der Waals surface area contributed by atoms with Gasteiger partial charge in [0.05, 0.1) is 35.6 Å². The standard InChI is InChI=1S/C20H15N3O5/c21-7-16(24)28-18-12-6-15-17-11(5-10-3-1-2-4-14(10)22-17)8-23(15)19(25)13(12)9-27-20(18)26/h1-6,18H,7-9,21H2. The topological polar surface area (TPSA) is 114 Å². The van der Waals surface area contributed by atoms with Gasteiger partial charge in [-0.1, -0.05) is 18.2 Å². The van der Waals surface area contributed by atoms with Crippen LogP contribution in [0.4, 0.5) is 0 Å². The van der Waals surface area contributed by atoms with Gasteiger partial charge in [-0.05, 0) is 18.2 Å². The normalized spacial score (nSPS) is 16.9. The smallest absolute Gasteiger partial charge is 0.352 e. The van der Waals surface area contributed by atoms with E-state index >= 15 is 0 Å². The summed E-state index contributed by atoms with van der Waals surface area (Å²) in [5, 5.41) is 0.986. The van der Waals surface area contributed by atoms with Gasteiger partial charge in [-0.25, -0.2) is 9.78 Å². The molecule has 28 heavy (non-hydrogen) atoms. The Kier molecular flexibility index (Phi) is 3.56. The number of pyridine rings is 2. The van der Waals surface area contributed by atoms with Crippen LogP contribution in [0.5, 0.6) is 0 Å². The summed E-state index contributed by atoms with van der Waals surface area (Å²) in [4.78, 5) is 41.6. The van der Waals surface area contributed by atoms with Crippen LogP contribution in [0.15, 0.2) is 41.2 Å². The number of benzene rings is 1. The Hall–Kier alpha value is -3.52. The molecule has 0 amide bonds. The van der Waals surface area contributed by atoms with Gasteiger partial charge < -0.3 is 19.8 Å². The fraction of sp³-hybridized carbons (Fsp3) is 0.200. The zero-order valence-corrected chi connectivity index (χ0v) is 14.7. The van der Waals surface area contributed by atoms with Crippen molar-refractivity contribution >= 4 is 22.8 Å². The molecule has 140 valence electrons. The molecule has 0 spiro atoms. The average Bonchev–Trinajstić information content (AvgIpc) is 3.06.